The minimum atomic E-state index is 0.835. The Labute approximate surface area is 106 Å². The molecule has 2 heterocycles. The van der Waals surface area contributed by atoms with E-state index in [1.165, 1.54) is 5.56 Å². The van der Waals surface area contributed by atoms with Crippen LogP contribution in [0.25, 0.3) is 11.3 Å². The molecule has 0 saturated carbocycles. The molecule has 1 aromatic heterocycles. The Kier molecular flexibility index (Phi) is 2.80. The lowest BCUT2D eigenvalue weighted by atomic mass is 10.0. The first kappa shape index (κ1) is 11.3. The number of hydrogen-bond acceptors (Lipinski definition) is 4. The second kappa shape index (κ2) is 4.46. The van der Waals surface area contributed by atoms with Crippen LogP contribution >= 0.6 is 0 Å². The lowest BCUT2D eigenvalue weighted by molar-refractivity contribution is 0.311. The van der Waals surface area contributed by atoms with E-state index < -0.39 is 0 Å². The molecule has 0 amide bonds. The van der Waals surface area contributed by atoms with Crippen LogP contribution in [0.4, 0.5) is 0 Å². The molecule has 1 aromatic carbocycles. The highest BCUT2D eigenvalue weighted by Crippen LogP contribution is 2.31. The lowest BCUT2D eigenvalue weighted by Crippen LogP contribution is -2.26. The van der Waals surface area contributed by atoms with E-state index in [1.54, 1.807) is 7.11 Å². The van der Waals surface area contributed by atoms with Gasteiger partial charge in [0.15, 0.2) is 5.76 Å². The minimum absolute atomic E-state index is 0.835. The van der Waals surface area contributed by atoms with Crippen molar-refractivity contribution >= 4 is 0 Å². The van der Waals surface area contributed by atoms with E-state index in [-0.39, 0.29) is 0 Å². The first-order chi connectivity index (χ1) is 8.78. The summed E-state index contributed by atoms with van der Waals surface area (Å²) in [5, 5.41) is 4.18. The fraction of sp³-hybridized carbons (Fsp3) is 0.357. The maximum atomic E-state index is 5.52. The first-order valence-corrected chi connectivity index (χ1v) is 6.08. The molecule has 0 atom stereocenters. The number of fused-ring (bicyclic) bond motifs is 1. The smallest absolute Gasteiger partial charge is 0.171 e. The van der Waals surface area contributed by atoms with Gasteiger partial charge in [-0.3, -0.25) is 0 Å². The summed E-state index contributed by atoms with van der Waals surface area (Å²) in [6, 6.07) is 7.90. The standard InChI is InChI=1S/C14H16N2O2/c1-16-7-6-13-12(9-16)14(18-15-13)10-4-3-5-11(8-10)17-2/h3-5,8H,6-7,9H2,1-2H3. The van der Waals surface area contributed by atoms with Crippen molar-refractivity contribution < 1.29 is 9.26 Å². The fourth-order valence-electron chi connectivity index (χ4n) is 2.34. The fourth-order valence-corrected chi connectivity index (χ4v) is 2.34. The van der Waals surface area contributed by atoms with Crippen molar-refractivity contribution in [3.8, 4) is 17.1 Å². The van der Waals surface area contributed by atoms with Crippen LogP contribution < -0.4 is 4.74 Å². The predicted octanol–water partition coefficient (Wildman–Crippen LogP) is 2.34. The molecule has 4 nitrogen and oxygen atoms in total. The molecule has 2 aromatic rings. The van der Waals surface area contributed by atoms with Gasteiger partial charge in [0.25, 0.3) is 0 Å². The van der Waals surface area contributed by atoms with Crippen LogP contribution in [-0.4, -0.2) is 30.8 Å². The van der Waals surface area contributed by atoms with Gasteiger partial charge in [0.1, 0.15) is 5.75 Å². The molecule has 94 valence electrons. The molecule has 0 spiro atoms. The van der Waals surface area contributed by atoms with Gasteiger partial charge in [-0.1, -0.05) is 17.3 Å². The normalized spacial score (nSPS) is 15.4. The summed E-state index contributed by atoms with van der Waals surface area (Å²) < 4.78 is 10.8. The Morgan fingerprint density at radius 1 is 1.39 bits per heavy atom. The van der Waals surface area contributed by atoms with E-state index >= 15 is 0 Å². The molecule has 0 radical (unpaired) electrons. The topological polar surface area (TPSA) is 38.5 Å². The Morgan fingerprint density at radius 3 is 3.11 bits per heavy atom. The molecule has 3 rings (SSSR count). The Morgan fingerprint density at radius 2 is 2.28 bits per heavy atom. The summed E-state index contributed by atoms with van der Waals surface area (Å²) in [5.74, 6) is 1.71. The van der Waals surface area contributed by atoms with Crippen molar-refractivity contribution in [2.75, 3.05) is 20.7 Å². The predicted molar refractivity (Wildman–Crippen MR) is 68.5 cm³/mol. The van der Waals surface area contributed by atoms with Gasteiger partial charge in [0.2, 0.25) is 0 Å². The molecule has 0 fully saturated rings. The zero-order valence-electron chi connectivity index (χ0n) is 10.6. The van der Waals surface area contributed by atoms with Crippen LogP contribution in [0.2, 0.25) is 0 Å². The molecule has 1 aliphatic heterocycles. The average molecular weight is 244 g/mol. The van der Waals surface area contributed by atoms with Gasteiger partial charge in [0, 0.05) is 30.6 Å². The summed E-state index contributed by atoms with van der Waals surface area (Å²) >= 11 is 0. The van der Waals surface area contributed by atoms with Crippen molar-refractivity contribution in [1.29, 1.82) is 0 Å². The molecule has 0 bridgehead atoms. The number of likely N-dealkylation sites (N-methyl/N-ethyl adjacent to an activating group) is 1. The van der Waals surface area contributed by atoms with Crippen LogP contribution in [0, 0.1) is 0 Å². The molecule has 4 heteroatoms. The molecule has 0 unspecified atom stereocenters. The highest BCUT2D eigenvalue weighted by molar-refractivity contribution is 5.64. The van der Waals surface area contributed by atoms with Crippen molar-refractivity contribution in [2.45, 2.75) is 13.0 Å². The van der Waals surface area contributed by atoms with Gasteiger partial charge in [-0.05, 0) is 19.2 Å². The van der Waals surface area contributed by atoms with Crippen LogP contribution in [0.1, 0.15) is 11.3 Å². The molecule has 0 N–H and O–H groups in total. The molecule has 1 aliphatic rings. The van der Waals surface area contributed by atoms with Gasteiger partial charge in [0.05, 0.1) is 12.8 Å². The third-order valence-electron chi connectivity index (χ3n) is 3.36. The van der Waals surface area contributed by atoms with Crippen LogP contribution in [-0.2, 0) is 13.0 Å². The highest BCUT2D eigenvalue weighted by atomic mass is 16.5. The number of methoxy groups -OCH3 is 1. The van der Waals surface area contributed by atoms with E-state index in [1.807, 2.05) is 24.3 Å². The monoisotopic (exact) mass is 244 g/mol. The van der Waals surface area contributed by atoms with Gasteiger partial charge in [-0.25, -0.2) is 0 Å². The summed E-state index contributed by atoms with van der Waals surface area (Å²) in [6.45, 7) is 1.93. The van der Waals surface area contributed by atoms with Gasteiger partial charge >= 0.3 is 0 Å². The highest BCUT2D eigenvalue weighted by Gasteiger charge is 2.22. The third-order valence-corrected chi connectivity index (χ3v) is 3.36. The molecular weight excluding hydrogens is 228 g/mol. The van der Waals surface area contributed by atoms with Crippen molar-refractivity contribution in [1.82, 2.24) is 10.1 Å². The largest absolute Gasteiger partial charge is 0.497 e. The number of benzene rings is 1. The van der Waals surface area contributed by atoms with Crippen LogP contribution in [0.5, 0.6) is 5.75 Å². The second-order valence-electron chi connectivity index (χ2n) is 4.66. The number of hydrogen-bond donors (Lipinski definition) is 0. The molecular formula is C14H16N2O2. The molecule has 0 aliphatic carbocycles. The molecule has 18 heavy (non-hydrogen) atoms. The van der Waals surface area contributed by atoms with Crippen LogP contribution in [0.15, 0.2) is 28.8 Å². The third kappa shape index (κ3) is 1.88. The maximum Gasteiger partial charge on any atom is 0.171 e. The average Bonchev–Trinajstić information content (AvgIpc) is 2.81. The van der Waals surface area contributed by atoms with E-state index in [0.717, 1.165) is 42.3 Å². The van der Waals surface area contributed by atoms with Crippen molar-refractivity contribution in [3.05, 3.63) is 35.5 Å². The van der Waals surface area contributed by atoms with Gasteiger partial charge < -0.3 is 14.2 Å². The summed E-state index contributed by atoms with van der Waals surface area (Å²) in [5.41, 5.74) is 3.32. The number of aromatic nitrogens is 1. The van der Waals surface area contributed by atoms with Gasteiger partial charge in [-0.2, -0.15) is 0 Å². The van der Waals surface area contributed by atoms with Crippen molar-refractivity contribution in [2.24, 2.45) is 0 Å². The van der Waals surface area contributed by atoms with Gasteiger partial charge in [-0.15, -0.1) is 0 Å². The SMILES string of the molecule is COc1cccc(-c2onc3c2CN(C)CC3)c1. The van der Waals surface area contributed by atoms with E-state index in [4.69, 9.17) is 9.26 Å². The minimum Gasteiger partial charge on any atom is -0.497 e. The summed E-state index contributed by atoms with van der Waals surface area (Å²) in [7, 11) is 3.79. The van der Waals surface area contributed by atoms with Crippen molar-refractivity contribution in [3.63, 3.8) is 0 Å². The maximum absolute atomic E-state index is 5.52. The lowest BCUT2D eigenvalue weighted by Gasteiger charge is -2.21. The Hall–Kier alpha value is -1.81. The number of nitrogens with zero attached hydrogens (tertiary/aromatic N) is 2. The zero-order valence-corrected chi connectivity index (χ0v) is 10.6. The van der Waals surface area contributed by atoms with Crippen LogP contribution in [0.3, 0.4) is 0 Å². The van der Waals surface area contributed by atoms with E-state index in [0.29, 0.717) is 0 Å². The first-order valence-electron chi connectivity index (χ1n) is 6.08. The summed E-state index contributed by atoms with van der Waals surface area (Å²) in [6.07, 6.45) is 0.958. The summed E-state index contributed by atoms with van der Waals surface area (Å²) in [4.78, 5) is 2.28. The Bertz CT molecular complexity index is 563. The Balaban J connectivity index is 2.04. The second-order valence-corrected chi connectivity index (χ2v) is 4.66. The van der Waals surface area contributed by atoms with E-state index in [2.05, 4.69) is 17.1 Å². The zero-order chi connectivity index (χ0) is 12.5. The molecule has 0 saturated heterocycles. The quantitative estimate of drug-likeness (QED) is 0.812. The number of ether oxygens (including phenoxy) is 1. The van der Waals surface area contributed by atoms with E-state index in [9.17, 15) is 0 Å². The number of rotatable bonds is 2.